The van der Waals surface area contributed by atoms with Crippen molar-refractivity contribution in [2.45, 2.75) is 19.9 Å². The smallest absolute Gasteiger partial charge is 0.161 e. The first-order valence-corrected chi connectivity index (χ1v) is 7.79. The number of anilines is 1. The van der Waals surface area contributed by atoms with Gasteiger partial charge in [-0.2, -0.15) is 5.26 Å². The van der Waals surface area contributed by atoms with Crippen molar-refractivity contribution in [1.82, 2.24) is 0 Å². The molecule has 1 N–H and O–H groups in total. The number of nitrogens with one attached hydrogen (secondary N) is 1. The van der Waals surface area contributed by atoms with Crippen molar-refractivity contribution in [2.24, 2.45) is 0 Å². The highest BCUT2D eigenvalue weighted by molar-refractivity contribution is 6.32. The molecule has 0 bridgehead atoms. The van der Waals surface area contributed by atoms with E-state index in [-0.39, 0.29) is 0 Å². The zero-order chi connectivity index (χ0) is 16.7. The molecule has 4 nitrogen and oxygen atoms in total. The first-order valence-electron chi connectivity index (χ1n) is 7.41. The van der Waals surface area contributed by atoms with Gasteiger partial charge in [-0.25, -0.2) is 0 Å². The van der Waals surface area contributed by atoms with E-state index >= 15 is 0 Å². The van der Waals surface area contributed by atoms with Crippen molar-refractivity contribution in [1.29, 1.82) is 5.26 Å². The largest absolute Gasteiger partial charge is 0.493 e. The van der Waals surface area contributed by atoms with Crippen molar-refractivity contribution in [2.75, 3.05) is 19.0 Å². The molecule has 0 aliphatic rings. The molecule has 2 aromatic rings. The molecule has 5 heteroatoms. The third kappa shape index (κ3) is 4.54. The SMILES string of the molecule is CCCOc1ccc(CNc2ccc(C#N)c(Cl)c2)cc1OC. The third-order valence-corrected chi connectivity index (χ3v) is 3.59. The molecule has 0 spiro atoms. The summed E-state index contributed by atoms with van der Waals surface area (Å²) in [7, 11) is 1.63. The van der Waals surface area contributed by atoms with Crippen LogP contribution in [0, 0.1) is 11.3 Å². The Balaban J connectivity index is 2.06. The van der Waals surface area contributed by atoms with E-state index < -0.39 is 0 Å². The van der Waals surface area contributed by atoms with Crippen molar-refractivity contribution in [3.63, 3.8) is 0 Å². The van der Waals surface area contributed by atoms with Gasteiger partial charge in [0.1, 0.15) is 6.07 Å². The normalized spacial score (nSPS) is 10.0. The van der Waals surface area contributed by atoms with Crippen LogP contribution in [0.4, 0.5) is 5.69 Å². The minimum atomic E-state index is 0.443. The monoisotopic (exact) mass is 330 g/mol. The van der Waals surface area contributed by atoms with Gasteiger partial charge in [-0.3, -0.25) is 0 Å². The number of hydrogen-bond donors (Lipinski definition) is 1. The summed E-state index contributed by atoms with van der Waals surface area (Å²) in [5.41, 5.74) is 2.39. The summed E-state index contributed by atoms with van der Waals surface area (Å²) in [6.45, 7) is 3.35. The second-order valence-corrected chi connectivity index (χ2v) is 5.40. The summed E-state index contributed by atoms with van der Waals surface area (Å²) in [4.78, 5) is 0. The van der Waals surface area contributed by atoms with Crippen LogP contribution in [0.2, 0.25) is 5.02 Å². The van der Waals surface area contributed by atoms with Crippen LogP contribution < -0.4 is 14.8 Å². The summed E-state index contributed by atoms with van der Waals surface area (Å²) in [5.74, 6) is 1.47. The lowest BCUT2D eigenvalue weighted by Crippen LogP contribution is -2.02. The van der Waals surface area contributed by atoms with Gasteiger partial charge in [0.2, 0.25) is 0 Å². The molecule has 23 heavy (non-hydrogen) atoms. The molecule has 2 rings (SSSR count). The highest BCUT2D eigenvalue weighted by Crippen LogP contribution is 2.29. The summed E-state index contributed by atoms with van der Waals surface area (Å²) in [5, 5.41) is 12.6. The predicted molar refractivity (Wildman–Crippen MR) is 92.3 cm³/mol. The van der Waals surface area contributed by atoms with Crippen molar-refractivity contribution in [3.8, 4) is 17.6 Å². The predicted octanol–water partition coefficient (Wildman–Crippen LogP) is 4.62. The Morgan fingerprint density at radius 2 is 2.00 bits per heavy atom. The zero-order valence-corrected chi connectivity index (χ0v) is 14.0. The molecule has 0 aromatic heterocycles. The number of methoxy groups -OCH3 is 1. The lowest BCUT2D eigenvalue weighted by atomic mass is 10.2. The van der Waals surface area contributed by atoms with E-state index in [0.717, 1.165) is 29.2 Å². The van der Waals surface area contributed by atoms with Crippen LogP contribution in [-0.4, -0.2) is 13.7 Å². The van der Waals surface area contributed by atoms with E-state index in [1.165, 1.54) is 0 Å². The number of ether oxygens (including phenoxy) is 2. The van der Waals surface area contributed by atoms with E-state index in [0.29, 0.717) is 23.7 Å². The van der Waals surface area contributed by atoms with E-state index in [2.05, 4.69) is 12.2 Å². The third-order valence-electron chi connectivity index (χ3n) is 3.28. The van der Waals surface area contributed by atoms with Crippen LogP contribution in [-0.2, 0) is 6.54 Å². The molecule has 0 aliphatic carbocycles. The molecule has 0 heterocycles. The van der Waals surface area contributed by atoms with Crippen LogP contribution in [0.15, 0.2) is 36.4 Å². The molecular formula is C18H19ClN2O2. The Bertz CT molecular complexity index is 711. The van der Waals surface area contributed by atoms with Crippen LogP contribution >= 0.6 is 11.6 Å². The molecule has 0 aliphatic heterocycles. The van der Waals surface area contributed by atoms with Gasteiger partial charge in [-0.15, -0.1) is 0 Å². The average Bonchev–Trinajstić information content (AvgIpc) is 2.58. The number of nitriles is 1. The average molecular weight is 331 g/mol. The van der Waals surface area contributed by atoms with E-state index in [9.17, 15) is 0 Å². The van der Waals surface area contributed by atoms with Gasteiger partial charge in [0.15, 0.2) is 11.5 Å². The Morgan fingerprint density at radius 3 is 2.65 bits per heavy atom. The fraction of sp³-hybridized carbons (Fsp3) is 0.278. The number of benzene rings is 2. The number of nitrogens with zero attached hydrogens (tertiary/aromatic N) is 1. The van der Waals surface area contributed by atoms with E-state index in [1.54, 1.807) is 19.2 Å². The fourth-order valence-corrected chi connectivity index (χ4v) is 2.30. The van der Waals surface area contributed by atoms with E-state index in [4.69, 9.17) is 26.3 Å². The molecular weight excluding hydrogens is 312 g/mol. The van der Waals surface area contributed by atoms with E-state index in [1.807, 2.05) is 30.3 Å². The Hall–Kier alpha value is -2.38. The standard InChI is InChI=1S/C18H19ClN2O2/c1-3-8-23-17-7-4-13(9-18(17)22-2)12-21-15-6-5-14(11-20)16(19)10-15/h4-7,9-10,21H,3,8,12H2,1-2H3. The number of rotatable bonds is 7. The lowest BCUT2D eigenvalue weighted by Gasteiger charge is -2.13. The van der Waals surface area contributed by atoms with Crippen molar-refractivity contribution >= 4 is 17.3 Å². The van der Waals surface area contributed by atoms with Gasteiger partial charge in [-0.05, 0) is 42.3 Å². The van der Waals surface area contributed by atoms with Gasteiger partial charge in [0.05, 0.1) is 24.3 Å². The molecule has 0 fully saturated rings. The molecule has 2 aromatic carbocycles. The maximum atomic E-state index is 8.88. The Kier molecular flexibility index (Phi) is 6.13. The van der Waals surface area contributed by atoms with Gasteiger partial charge in [0, 0.05) is 12.2 Å². The first kappa shape index (κ1) is 17.0. The zero-order valence-electron chi connectivity index (χ0n) is 13.2. The molecule has 0 saturated heterocycles. The maximum Gasteiger partial charge on any atom is 0.161 e. The Morgan fingerprint density at radius 1 is 1.17 bits per heavy atom. The Labute approximate surface area is 141 Å². The quantitative estimate of drug-likeness (QED) is 0.804. The number of hydrogen-bond acceptors (Lipinski definition) is 4. The summed E-state index contributed by atoms with van der Waals surface area (Å²) >= 11 is 6.03. The highest BCUT2D eigenvalue weighted by Gasteiger charge is 2.06. The minimum absolute atomic E-state index is 0.443. The minimum Gasteiger partial charge on any atom is -0.493 e. The topological polar surface area (TPSA) is 54.3 Å². The highest BCUT2D eigenvalue weighted by atomic mass is 35.5. The van der Waals surface area contributed by atoms with Gasteiger partial charge in [0.25, 0.3) is 0 Å². The van der Waals surface area contributed by atoms with Crippen LogP contribution in [0.5, 0.6) is 11.5 Å². The summed E-state index contributed by atoms with van der Waals surface area (Å²) in [6, 6.07) is 13.2. The summed E-state index contributed by atoms with van der Waals surface area (Å²) < 4.78 is 11.0. The number of halogens is 1. The van der Waals surface area contributed by atoms with Gasteiger partial charge < -0.3 is 14.8 Å². The lowest BCUT2D eigenvalue weighted by molar-refractivity contribution is 0.294. The maximum absolute atomic E-state index is 8.88. The molecule has 0 amide bonds. The van der Waals surface area contributed by atoms with Crippen molar-refractivity contribution < 1.29 is 9.47 Å². The van der Waals surface area contributed by atoms with Crippen molar-refractivity contribution in [3.05, 3.63) is 52.5 Å². The molecule has 120 valence electrons. The second-order valence-electron chi connectivity index (χ2n) is 4.99. The van der Waals surface area contributed by atoms with Gasteiger partial charge >= 0.3 is 0 Å². The summed E-state index contributed by atoms with van der Waals surface area (Å²) in [6.07, 6.45) is 0.950. The molecule has 0 atom stereocenters. The molecule has 0 unspecified atom stereocenters. The van der Waals surface area contributed by atoms with Gasteiger partial charge in [-0.1, -0.05) is 24.6 Å². The first-order chi connectivity index (χ1) is 11.2. The van der Waals surface area contributed by atoms with Crippen LogP contribution in [0.3, 0.4) is 0 Å². The van der Waals surface area contributed by atoms with Crippen LogP contribution in [0.1, 0.15) is 24.5 Å². The second kappa shape index (κ2) is 8.30. The van der Waals surface area contributed by atoms with Crippen LogP contribution in [0.25, 0.3) is 0 Å². The molecule has 0 radical (unpaired) electrons. The fourth-order valence-electron chi connectivity index (χ4n) is 2.07. The molecule has 0 saturated carbocycles.